The van der Waals surface area contributed by atoms with Crippen molar-refractivity contribution in [3.8, 4) is 23.0 Å². The first-order valence-electron chi connectivity index (χ1n) is 9.25. The van der Waals surface area contributed by atoms with Crippen molar-refractivity contribution in [2.24, 2.45) is 0 Å². The molecule has 0 fully saturated rings. The minimum atomic E-state index is 0.508. The SMILES string of the molecule is CCOc1ccc2c(Cc3cc(OC)c(OCC)c(OC)c3)c[n+]([O-])cc2c1. The third kappa shape index (κ3) is 4.06. The molecule has 0 spiro atoms. The maximum absolute atomic E-state index is 12.2. The van der Waals surface area contributed by atoms with Crippen LogP contribution < -0.4 is 23.7 Å². The first kappa shape index (κ1) is 19.6. The molecule has 0 radical (unpaired) electrons. The van der Waals surface area contributed by atoms with Crippen LogP contribution in [0.1, 0.15) is 25.0 Å². The van der Waals surface area contributed by atoms with Gasteiger partial charge in [-0.05, 0) is 55.1 Å². The Kier molecular flexibility index (Phi) is 6.09. The number of benzene rings is 2. The Bertz CT molecular complexity index is 946. The van der Waals surface area contributed by atoms with E-state index in [-0.39, 0.29) is 0 Å². The number of fused-ring (bicyclic) bond motifs is 1. The standard InChI is InChI=1S/C22H25NO5/c1-5-27-18-7-8-19-16(13-23(24)14-17(19)12-18)9-15-10-20(25-3)22(28-6-2)21(11-15)26-4/h7-8,10-14H,5-6,9H2,1-4H3. The molecule has 0 aliphatic carbocycles. The molecule has 148 valence electrons. The van der Waals surface area contributed by atoms with Crippen LogP contribution in [0.25, 0.3) is 10.8 Å². The number of methoxy groups -OCH3 is 2. The maximum atomic E-state index is 12.2. The first-order chi connectivity index (χ1) is 13.6. The molecule has 0 saturated carbocycles. The first-order valence-corrected chi connectivity index (χ1v) is 9.25. The molecule has 0 atom stereocenters. The Hall–Kier alpha value is -3.15. The van der Waals surface area contributed by atoms with Gasteiger partial charge in [0.1, 0.15) is 5.75 Å². The fourth-order valence-corrected chi connectivity index (χ4v) is 3.28. The van der Waals surface area contributed by atoms with Gasteiger partial charge in [0.2, 0.25) is 5.75 Å². The summed E-state index contributed by atoms with van der Waals surface area (Å²) in [6.07, 6.45) is 3.70. The highest BCUT2D eigenvalue weighted by Crippen LogP contribution is 2.39. The third-order valence-corrected chi connectivity index (χ3v) is 4.43. The molecule has 0 aliphatic rings. The number of rotatable bonds is 8. The molecule has 0 bridgehead atoms. The van der Waals surface area contributed by atoms with Crippen LogP contribution in [0.5, 0.6) is 23.0 Å². The molecule has 1 aromatic heterocycles. The van der Waals surface area contributed by atoms with Crippen molar-refractivity contribution in [2.45, 2.75) is 20.3 Å². The van der Waals surface area contributed by atoms with E-state index in [0.717, 1.165) is 32.4 Å². The van der Waals surface area contributed by atoms with Crippen molar-refractivity contribution in [2.75, 3.05) is 27.4 Å². The van der Waals surface area contributed by atoms with E-state index in [0.29, 0.717) is 36.9 Å². The van der Waals surface area contributed by atoms with Crippen LogP contribution in [0.2, 0.25) is 0 Å². The van der Waals surface area contributed by atoms with E-state index in [1.54, 1.807) is 26.6 Å². The molecule has 6 heteroatoms. The van der Waals surface area contributed by atoms with Crippen molar-refractivity contribution >= 4 is 10.8 Å². The molecule has 0 N–H and O–H groups in total. The quantitative estimate of drug-likeness (QED) is 0.436. The van der Waals surface area contributed by atoms with E-state index >= 15 is 0 Å². The zero-order chi connectivity index (χ0) is 20.1. The van der Waals surface area contributed by atoms with Crippen LogP contribution >= 0.6 is 0 Å². The second-order valence-electron chi connectivity index (χ2n) is 6.26. The van der Waals surface area contributed by atoms with Crippen molar-refractivity contribution in [3.05, 3.63) is 59.1 Å². The molecule has 3 aromatic rings. The molecular weight excluding hydrogens is 358 g/mol. The largest absolute Gasteiger partial charge is 0.619 e. The summed E-state index contributed by atoms with van der Waals surface area (Å²) >= 11 is 0. The van der Waals surface area contributed by atoms with Crippen molar-refractivity contribution in [1.29, 1.82) is 0 Å². The van der Waals surface area contributed by atoms with Gasteiger partial charge in [0.05, 0.1) is 32.8 Å². The van der Waals surface area contributed by atoms with E-state index < -0.39 is 0 Å². The van der Waals surface area contributed by atoms with E-state index in [1.165, 1.54) is 0 Å². The number of hydrogen-bond acceptors (Lipinski definition) is 5. The summed E-state index contributed by atoms with van der Waals surface area (Å²) in [5, 5.41) is 14.0. The second-order valence-corrected chi connectivity index (χ2v) is 6.26. The van der Waals surface area contributed by atoms with Crippen molar-refractivity contribution in [1.82, 2.24) is 0 Å². The van der Waals surface area contributed by atoms with Gasteiger partial charge in [-0.3, -0.25) is 0 Å². The van der Waals surface area contributed by atoms with Crippen LogP contribution in [-0.4, -0.2) is 27.4 Å². The Morgan fingerprint density at radius 3 is 2.18 bits per heavy atom. The predicted molar refractivity (Wildman–Crippen MR) is 108 cm³/mol. The number of hydrogen-bond donors (Lipinski definition) is 0. The molecule has 28 heavy (non-hydrogen) atoms. The van der Waals surface area contributed by atoms with Gasteiger partial charge in [-0.25, -0.2) is 0 Å². The van der Waals surface area contributed by atoms with E-state index in [2.05, 4.69) is 0 Å². The molecule has 0 saturated heterocycles. The molecule has 6 nitrogen and oxygen atoms in total. The number of pyridine rings is 1. The highest BCUT2D eigenvalue weighted by molar-refractivity contribution is 5.85. The lowest BCUT2D eigenvalue weighted by atomic mass is 10.00. The molecule has 3 rings (SSSR count). The highest BCUT2D eigenvalue weighted by Gasteiger charge is 2.16. The molecule has 2 aromatic carbocycles. The highest BCUT2D eigenvalue weighted by atomic mass is 16.5. The van der Waals surface area contributed by atoms with Crippen LogP contribution in [0, 0.1) is 5.21 Å². The van der Waals surface area contributed by atoms with Gasteiger partial charge in [-0.15, -0.1) is 0 Å². The summed E-state index contributed by atoms with van der Waals surface area (Å²) in [5.41, 5.74) is 1.86. The molecular formula is C22H25NO5. The van der Waals surface area contributed by atoms with Crippen LogP contribution in [0.4, 0.5) is 0 Å². The third-order valence-electron chi connectivity index (χ3n) is 4.43. The van der Waals surface area contributed by atoms with Gasteiger partial charge in [0.15, 0.2) is 23.9 Å². The lowest BCUT2D eigenvalue weighted by Crippen LogP contribution is -2.25. The zero-order valence-electron chi connectivity index (χ0n) is 16.7. The minimum Gasteiger partial charge on any atom is -0.619 e. The monoisotopic (exact) mass is 383 g/mol. The Morgan fingerprint density at radius 1 is 0.893 bits per heavy atom. The Balaban J connectivity index is 2.04. The van der Waals surface area contributed by atoms with Crippen LogP contribution in [-0.2, 0) is 6.42 Å². The minimum absolute atomic E-state index is 0.508. The summed E-state index contributed by atoms with van der Waals surface area (Å²) in [6.45, 7) is 4.93. The average molecular weight is 383 g/mol. The van der Waals surface area contributed by atoms with Crippen LogP contribution in [0.3, 0.4) is 0 Å². The van der Waals surface area contributed by atoms with Crippen LogP contribution in [0.15, 0.2) is 42.7 Å². The number of ether oxygens (including phenoxy) is 4. The topological polar surface area (TPSA) is 63.9 Å². The van der Waals surface area contributed by atoms with Crippen molar-refractivity contribution < 1.29 is 23.7 Å². The molecule has 1 heterocycles. The van der Waals surface area contributed by atoms with Gasteiger partial charge in [0, 0.05) is 12.0 Å². The summed E-state index contributed by atoms with van der Waals surface area (Å²) in [7, 11) is 3.19. The van der Waals surface area contributed by atoms with Gasteiger partial charge < -0.3 is 24.2 Å². The zero-order valence-corrected chi connectivity index (χ0v) is 16.7. The molecule has 0 aliphatic heterocycles. The Labute approximate surface area is 164 Å². The lowest BCUT2D eigenvalue weighted by molar-refractivity contribution is -0.604. The summed E-state index contributed by atoms with van der Waals surface area (Å²) in [6, 6.07) is 9.62. The van der Waals surface area contributed by atoms with Gasteiger partial charge >= 0.3 is 0 Å². The summed E-state index contributed by atoms with van der Waals surface area (Å²) in [4.78, 5) is 0. The number of nitrogens with zero attached hydrogens (tertiary/aromatic N) is 1. The molecule has 0 amide bonds. The Morgan fingerprint density at radius 2 is 1.57 bits per heavy atom. The van der Waals surface area contributed by atoms with Crippen molar-refractivity contribution in [3.63, 3.8) is 0 Å². The molecule has 0 unspecified atom stereocenters. The predicted octanol–water partition coefficient (Wildman–Crippen LogP) is 3.88. The fourth-order valence-electron chi connectivity index (χ4n) is 3.28. The average Bonchev–Trinajstić information content (AvgIpc) is 2.68. The second kappa shape index (κ2) is 8.69. The van der Waals surface area contributed by atoms with Gasteiger partial charge in [-0.1, -0.05) is 0 Å². The smallest absolute Gasteiger partial charge is 0.203 e. The van der Waals surface area contributed by atoms with E-state index in [9.17, 15) is 5.21 Å². The van der Waals surface area contributed by atoms with E-state index in [1.807, 2.05) is 44.2 Å². The van der Waals surface area contributed by atoms with Gasteiger partial charge in [-0.2, -0.15) is 4.73 Å². The maximum Gasteiger partial charge on any atom is 0.203 e. The number of aromatic nitrogens is 1. The van der Waals surface area contributed by atoms with Gasteiger partial charge in [0.25, 0.3) is 0 Å². The summed E-state index contributed by atoms with van der Waals surface area (Å²) < 4.78 is 23.0. The lowest BCUT2D eigenvalue weighted by Gasteiger charge is -2.16. The normalized spacial score (nSPS) is 10.7. The van der Waals surface area contributed by atoms with E-state index in [4.69, 9.17) is 18.9 Å². The summed E-state index contributed by atoms with van der Waals surface area (Å²) in [5.74, 6) is 2.53. The fraction of sp³-hybridized carbons (Fsp3) is 0.318.